The van der Waals surface area contributed by atoms with Crippen LogP contribution in [-0.2, 0) is 9.47 Å². The van der Waals surface area contributed by atoms with Gasteiger partial charge in [-0.3, -0.25) is 0 Å². The molecule has 1 aliphatic heterocycles. The van der Waals surface area contributed by atoms with Gasteiger partial charge >= 0.3 is 12.0 Å². The molecule has 2 aromatic carbocycles. The van der Waals surface area contributed by atoms with Crippen molar-refractivity contribution in [3.05, 3.63) is 60.3 Å². The maximum absolute atomic E-state index is 12.8. The molecule has 10 nitrogen and oxygen atoms in total. The molecule has 0 atom stereocenters. The third-order valence-electron chi connectivity index (χ3n) is 5.33. The van der Waals surface area contributed by atoms with Crippen molar-refractivity contribution >= 4 is 29.2 Å². The molecule has 1 aliphatic rings. The van der Waals surface area contributed by atoms with Crippen LogP contribution in [0.5, 0.6) is 5.75 Å². The Morgan fingerprint density at radius 1 is 0.944 bits per heavy atom. The fraction of sp³-hybridized carbons (Fsp3) is 0.308. The number of nitrogens with one attached hydrogen (secondary N) is 2. The van der Waals surface area contributed by atoms with E-state index in [0.29, 0.717) is 61.5 Å². The number of ether oxygens (including phenoxy) is 3. The van der Waals surface area contributed by atoms with E-state index in [0.717, 1.165) is 0 Å². The summed E-state index contributed by atoms with van der Waals surface area (Å²) in [4.78, 5) is 36.6. The van der Waals surface area contributed by atoms with Crippen LogP contribution in [0.15, 0.2) is 54.6 Å². The normalized spacial score (nSPS) is 13.1. The first kappa shape index (κ1) is 24.9. The van der Waals surface area contributed by atoms with Gasteiger partial charge in [0.25, 0.3) is 0 Å². The monoisotopic (exact) mass is 491 g/mol. The van der Waals surface area contributed by atoms with Gasteiger partial charge in [0.2, 0.25) is 0 Å². The van der Waals surface area contributed by atoms with Gasteiger partial charge < -0.3 is 29.7 Å². The second kappa shape index (κ2) is 12.0. The van der Waals surface area contributed by atoms with Crippen LogP contribution < -0.4 is 20.3 Å². The van der Waals surface area contributed by atoms with Crippen LogP contribution in [-0.4, -0.2) is 61.5 Å². The minimum atomic E-state index is -0.587. The fourth-order valence-electron chi connectivity index (χ4n) is 3.72. The van der Waals surface area contributed by atoms with Crippen LogP contribution in [0.2, 0.25) is 0 Å². The molecule has 0 aliphatic carbocycles. The van der Waals surface area contributed by atoms with Gasteiger partial charge in [0, 0.05) is 30.0 Å². The average Bonchev–Trinajstić information content (AvgIpc) is 2.90. The largest absolute Gasteiger partial charge is 0.488 e. The molecule has 3 aromatic rings. The van der Waals surface area contributed by atoms with E-state index in [4.69, 9.17) is 19.2 Å². The van der Waals surface area contributed by atoms with E-state index in [1.54, 1.807) is 37.3 Å². The second-order valence-electron chi connectivity index (χ2n) is 7.83. The predicted molar refractivity (Wildman–Crippen MR) is 137 cm³/mol. The lowest BCUT2D eigenvalue weighted by molar-refractivity contribution is 0.0514. The van der Waals surface area contributed by atoms with Crippen molar-refractivity contribution in [3.8, 4) is 17.1 Å². The number of hydrogen-bond donors (Lipinski definition) is 2. The molecule has 0 unspecified atom stereocenters. The molecule has 0 radical (unpaired) electrons. The number of urea groups is 1. The fourth-order valence-corrected chi connectivity index (χ4v) is 3.72. The first-order valence-electron chi connectivity index (χ1n) is 11.9. The molecular weight excluding hydrogens is 462 g/mol. The van der Waals surface area contributed by atoms with Crippen LogP contribution in [0.3, 0.4) is 0 Å². The lowest BCUT2D eigenvalue weighted by atomic mass is 10.1. The number of morpholine rings is 1. The third kappa shape index (κ3) is 6.08. The molecule has 188 valence electrons. The highest BCUT2D eigenvalue weighted by molar-refractivity contribution is 6.00. The number of esters is 1. The summed E-state index contributed by atoms with van der Waals surface area (Å²) < 4.78 is 16.6. The highest BCUT2D eigenvalue weighted by atomic mass is 16.5. The summed E-state index contributed by atoms with van der Waals surface area (Å²) in [5, 5.41) is 5.60. The molecule has 36 heavy (non-hydrogen) atoms. The average molecular weight is 492 g/mol. The molecule has 2 N–H and O–H groups in total. The van der Waals surface area contributed by atoms with Crippen molar-refractivity contribution < 1.29 is 23.8 Å². The molecule has 2 amide bonds. The van der Waals surface area contributed by atoms with Crippen LogP contribution in [0.4, 0.5) is 22.0 Å². The summed E-state index contributed by atoms with van der Waals surface area (Å²) in [5.41, 5.74) is 1.90. The lowest BCUT2D eigenvalue weighted by Crippen LogP contribution is -2.37. The van der Waals surface area contributed by atoms with E-state index in [1.165, 1.54) is 0 Å². The zero-order chi connectivity index (χ0) is 25.3. The number of anilines is 3. The molecule has 1 aromatic heterocycles. The smallest absolute Gasteiger partial charge is 0.361 e. The molecule has 1 saturated heterocycles. The van der Waals surface area contributed by atoms with E-state index in [-0.39, 0.29) is 24.1 Å². The predicted octanol–water partition coefficient (Wildman–Crippen LogP) is 4.20. The first-order valence-corrected chi connectivity index (χ1v) is 11.9. The summed E-state index contributed by atoms with van der Waals surface area (Å²) in [6.45, 7) is 6.38. The molecular formula is C26H29N5O5. The Balaban J connectivity index is 1.68. The van der Waals surface area contributed by atoms with Crippen LogP contribution in [0.25, 0.3) is 11.4 Å². The molecule has 4 rings (SSSR count). The maximum atomic E-state index is 12.8. The summed E-state index contributed by atoms with van der Waals surface area (Å²) in [6, 6.07) is 15.9. The molecule has 0 bridgehead atoms. The number of hydrogen-bond acceptors (Lipinski definition) is 8. The van der Waals surface area contributed by atoms with E-state index >= 15 is 0 Å². The summed E-state index contributed by atoms with van der Waals surface area (Å²) in [5.74, 6) is 0.525. The highest BCUT2D eigenvalue weighted by Gasteiger charge is 2.27. The highest BCUT2D eigenvalue weighted by Crippen LogP contribution is 2.34. The topological polar surface area (TPSA) is 115 Å². The van der Waals surface area contributed by atoms with Gasteiger partial charge in [-0.05, 0) is 38.1 Å². The Morgan fingerprint density at radius 2 is 1.67 bits per heavy atom. The van der Waals surface area contributed by atoms with Crippen molar-refractivity contribution in [2.75, 3.05) is 55.1 Å². The Labute approximate surface area is 209 Å². The zero-order valence-corrected chi connectivity index (χ0v) is 20.3. The van der Waals surface area contributed by atoms with Crippen LogP contribution in [0, 0.1) is 0 Å². The maximum Gasteiger partial charge on any atom is 0.361 e. The van der Waals surface area contributed by atoms with Gasteiger partial charge in [0.05, 0.1) is 26.4 Å². The van der Waals surface area contributed by atoms with Crippen LogP contribution >= 0.6 is 0 Å². The molecule has 2 heterocycles. The number of aromatic nitrogens is 2. The number of benzene rings is 2. The molecule has 0 saturated carbocycles. The van der Waals surface area contributed by atoms with E-state index < -0.39 is 5.97 Å². The Morgan fingerprint density at radius 3 is 2.39 bits per heavy atom. The van der Waals surface area contributed by atoms with Gasteiger partial charge in [0.15, 0.2) is 23.1 Å². The number of amides is 2. The quantitative estimate of drug-likeness (QED) is 0.451. The van der Waals surface area contributed by atoms with Crippen molar-refractivity contribution in [2.24, 2.45) is 0 Å². The minimum absolute atomic E-state index is 0.0605. The van der Waals surface area contributed by atoms with Gasteiger partial charge in [-0.2, -0.15) is 0 Å². The molecule has 10 heteroatoms. The minimum Gasteiger partial charge on any atom is -0.488 e. The third-order valence-corrected chi connectivity index (χ3v) is 5.33. The zero-order valence-electron chi connectivity index (χ0n) is 20.3. The number of rotatable bonds is 8. The summed E-state index contributed by atoms with van der Waals surface area (Å²) >= 11 is 0. The second-order valence-corrected chi connectivity index (χ2v) is 7.83. The van der Waals surface area contributed by atoms with E-state index in [1.807, 2.05) is 36.1 Å². The SMILES string of the molecule is CCOC(=O)c1nc(-c2cccc(NC(=O)Nc3ccccc3)c2)nc(N2CCOCC2)c1OCC. The Bertz CT molecular complexity index is 1200. The van der Waals surface area contributed by atoms with Gasteiger partial charge in [-0.25, -0.2) is 19.6 Å². The summed E-state index contributed by atoms with van der Waals surface area (Å²) in [6.07, 6.45) is 0. The molecule has 0 spiro atoms. The number of carbonyl (C=O) groups excluding carboxylic acids is 2. The van der Waals surface area contributed by atoms with Crippen molar-refractivity contribution in [1.29, 1.82) is 0 Å². The lowest BCUT2D eigenvalue weighted by Gasteiger charge is -2.29. The Kier molecular flexibility index (Phi) is 8.30. The van der Waals surface area contributed by atoms with Crippen molar-refractivity contribution in [3.63, 3.8) is 0 Å². The Hall–Kier alpha value is -4.18. The van der Waals surface area contributed by atoms with Gasteiger partial charge in [0.1, 0.15) is 0 Å². The first-order chi connectivity index (χ1) is 17.6. The van der Waals surface area contributed by atoms with Gasteiger partial charge in [-0.15, -0.1) is 0 Å². The molecule has 1 fully saturated rings. The number of nitrogens with zero attached hydrogens (tertiary/aromatic N) is 3. The van der Waals surface area contributed by atoms with Crippen molar-refractivity contribution in [1.82, 2.24) is 9.97 Å². The van der Waals surface area contributed by atoms with Crippen LogP contribution in [0.1, 0.15) is 24.3 Å². The van der Waals surface area contributed by atoms with E-state index in [2.05, 4.69) is 15.6 Å². The van der Waals surface area contributed by atoms with Gasteiger partial charge in [-0.1, -0.05) is 30.3 Å². The van der Waals surface area contributed by atoms with E-state index in [9.17, 15) is 9.59 Å². The standard InChI is InChI=1S/C26H29N5O5/c1-3-35-22-21(25(32)36-4-2)29-23(30-24(22)31-13-15-34-16-14-31)18-9-8-12-20(17-18)28-26(33)27-19-10-6-5-7-11-19/h5-12,17H,3-4,13-16H2,1-2H3,(H2,27,28,33). The van der Waals surface area contributed by atoms with Crippen molar-refractivity contribution in [2.45, 2.75) is 13.8 Å². The number of carbonyl (C=O) groups is 2. The summed E-state index contributed by atoms with van der Waals surface area (Å²) in [7, 11) is 0. The number of para-hydroxylation sites is 1.